The Morgan fingerprint density at radius 3 is 2.89 bits per heavy atom. The summed E-state index contributed by atoms with van der Waals surface area (Å²) in [5, 5.41) is 14.0. The molecule has 1 aromatic carbocycles. The van der Waals surface area contributed by atoms with Gasteiger partial charge in [-0.15, -0.1) is 0 Å². The second kappa shape index (κ2) is 5.89. The summed E-state index contributed by atoms with van der Waals surface area (Å²) >= 11 is 0. The number of H-pyrrole nitrogens is 1. The van der Waals surface area contributed by atoms with Crippen LogP contribution < -0.4 is 10.1 Å². The van der Waals surface area contributed by atoms with Crippen molar-refractivity contribution in [2.75, 3.05) is 13.2 Å². The van der Waals surface area contributed by atoms with Gasteiger partial charge >= 0.3 is 0 Å². The predicted octanol–water partition coefficient (Wildman–Crippen LogP) is 1.91. The van der Waals surface area contributed by atoms with Crippen LogP contribution in [-0.4, -0.2) is 35.4 Å². The average molecular weight is 248 g/mol. The van der Waals surface area contributed by atoms with E-state index in [-0.39, 0.29) is 0 Å². The number of benzene rings is 1. The highest BCUT2D eigenvalue weighted by Crippen LogP contribution is 2.24. The van der Waals surface area contributed by atoms with Gasteiger partial charge in [0.2, 0.25) is 0 Å². The zero-order valence-electron chi connectivity index (χ0n) is 10.8. The summed E-state index contributed by atoms with van der Waals surface area (Å²) in [6.07, 6.45) is 1.33. The maximum atomic E-state index is 9.77. The van der Waals surface area contributed by atoms with E-state index in [0.29, 0.717) is 19.2 Å². The summed E-state index contributed by atoms with van der Waals surface area (Å²) in [6, 6.07) is 8.32. The third-order valence-electron chi connectivity index (χ3n) is 2.74. The molecule has 4 heteroatoms. The number of hydrogen-bond acceptors (Lipinski definition) is 3. The van der Waals surface area contributed by atoms with E-state index in [4.69, 9.17) is 4.74 Å². The summed E-state index contributed by atoms with van der Waals surface area (Å²) in [4.78, 5) is 3.14. The van der Waals surface area contributed by atoms with E-state index in [1.807, 2.05) is 44.3 Å². The molecule has 4 nitrogen and oxygen atoms in total. The highest BCUT2D eigenvalue weighted by atomic mass is 16.5. The molecule has 0 spiro atoms. The van der Waals surface area contributed by atoms with Crippen LogP contribution in [-0.2, 0) is 0 Å². The fourth-order valence-corrected chi connectivity index (χ4v) is 1.78. The van der Waals surface area contributed by atoms with Gasteiger partial charge in [-0.25, -0.2) is 0 Å². The van der Waals surface area contributed by atoms with Crippen LogP contribution in [0.2, 0.25) is 0 Å². The molecule has 0 aliphatic rings. The number of hydrogen-bond donors (Lipinski definition) is 3. The van der Waals surface area contributed by atoms with Crippen molar-refractivity contribution >= 4 is 10.9 Å². The van der Waals surface area contributed by atoms with Crippen LogP contribution in [0.3, 0.4) is 0 Å². The summed E-state index contributed by atoms with van der Waals surface area (Å²) < 4.78 is 5.63. The standard InChI is InChI=1S/C14H20N2O2/c1-10(2)15-7-11(17)9-18-14-8-16-13-6-4-3-5-12(13)14/h3-6,8,10-11,15-17H,7,9H2,1-2H3. The van der Waals surface area contributed by atoms with E-state index < -0.39 is 6.10 Å². The molecular weight excluding hydrogens is 228 g/mol. The molecule has 18 heavy (non-hydrogen) atoms. The number of aliphatic hydroxyl groups is 1. The third kappa shape index (κ3) is 3.24. The van der Waals surface area contributed by atoms with Gasteiger partial charge in [0.1, 0.15) is 18.5 Å². The lowest BCUT2D eigenvalue weighted by molar-refractivity contribution is 0.105. The van der Waals surface area contributed by atoms with Crippen LogP contribution in [0.4, 0.5) is 0 Å². The van der Waals surface area contributed by atoms with Crippen LogP contribution in [0, 0.1) is 0 Å². The third-order valence-corrected chi connectivity index (χ3v) is 2.74. The van der Waals surface area contributed by atoms with Gasteiger partial charge in [-0.2, -0.15) is 0 Å². The Balaban J connectivity index is 1.90. The zero-order valence-corrected chi connectivity index (χ0v) is 10.8. The maximum Gasteiger partial charge on any atom is 0.144 e. The number of fused-ring (bicyclic) bond motifs is 1. The monoisotopic (exact) mass is 248 g/mol. The summed E-state index contributed by atoms with van der Waals surface area (Å²) in [5.41, 5.74) is 1.04. The number of aromatic nitrogens is 1. The molecule has 2 rings (SSSR count). The lowest BCUT2D eigenvalue weighted by atomic mass is 10.2. The van der Waals surface area contributed by atoms with Gasteiger partial charge in [0.05, 0.1) is 0 Å². The van der Waals surface area contributed by atoms with E-state index in [9.17, 15) is 5.11 Å². The molecule has 1 atom stereocenters. The van der Waals surface area contributed by atoms with Crippen LogP contribution in [0.15, 0.2) is 30.5 Å². The summed E-state index contributed by atoms with van der Waals surface area (Å²) in [7, 11) is 0. The summed E-state index contributed by atoms with van der Waals surface area (Å²) in [5.74, 6) is 0.786. The fraction of sp³-hybridized carbons (Fsp3) is 0.429. The maximum absolute atomic E-state index is 9.77. The van der Waals surface area contributed by atoms with Crippen molar-refractivity contribution in [1.82, 2.24) is 10.3 Å². The Morgan fingerprint density at radius 1 is 1.33 bits per heavy atom. The van der Waals surface area contributed by atoms with Crippen LogP contribution in [0.25, 0.3) is 10.9 Å². The average Bonchev–Trinajstić information content (AvgIpc) is 2.77. The molecule has 0 amide bonds. The Hall–Kier alpha value is -1.52. The Labute approximate surface area is 107 Å². The molecule has 0 bridgehead atoms. The Kier molecular flexibility index (Phi) is 4.23. The molecule has 0 aliphatic carbocycles. The molecule has 0 radical (unpaired) electrons. The van der Waals surface area contributed by atoms with Gasteiger partial charge in [0, 0.05) is 29.7 Å². The molecule has 98 valence electrons. The van der Waals surface area contributed by atoms with Crippen molar-refractivity contribution in [2.24, 2.45) is 0 Å². The van der Waals surface area contributed by atoms with Gasteiger partial charge in [-0.1, -0.05) is 26.0 Å². The van der Waals surface area contributed by atoms with E-state index in [1.54, 1.807) is 0 Å². The molecule has 0 aliphatic heterocycles. The lowest BCUT2D eigenvalue weighted by Crippen LogP contribution is -2.35. The smallest absolute Gasteiger partial charge is 0.144 e. The van der Waals surface area contributed by atoms with Gasteiger partial charge in [-0.05, 0) is 12.1 Å². The first kappa shape index (κ1) is 12.9. The van der Waals surface area contributed by atoms with E-state index >= 15 is 0 Å². The molecule has 1 aromatic heterocycles. The molecule has 1 unspecified atom stereocenters. The van der Waals surface area contributed by atoms with Gasteiger partial charge in [-0.3, -0.25) is 0 Å². The molecule has 1 heterocycles. The van der Waals surface area contributed by atoms with Crippen molar-refractivity contribution in [3.63, 3.8) is 0 Å². The molecular formula is C14H20N2O2. The van der Waals surface area contributed by atoms with E-state index in [0.717, 1.165) is 16.7 Å². The summed E-state index contributed by atoms with van der Waals surface area (Å²) in [6.45, 7) is 4.93. The molecule has 0 saturated heterocycles. The first-order valence-corrected chi connectivity index (χ1v) is 6.27. The van der Waals surface area contributed by atoms with Crippen molar-refractivity contribution in [3.05, 3.63) is 30.5 Å². The van der Waals surface area contributed by atoms with Crippen molar-refractivity contribution in [3.8, 4) is 5.75 Å². The normalized spacial score (nSPS) is 13.1. The molecule has 3 N–H and O–H groups in total. The highest BCUT2D eigenvalue weighted by Gasteiger charge is 2.08. The molecule has 0 saturated carbocycles. The van der Waals surface area contributed by atoms with Crippen molar-refractivity contribution in [1.29, 1.82) is 0 Å². The number of ether oxygens (including phenoxy) is 1. The minimum atomic E-state index is -0.499. The largest absolute Gasteiger partial charge is 0.489 e. The Bertz CT molecular complexity index is 493. The molecule has 0 fully saturated rings. The van der Waals surface area contributed by atoms with Crippen LogP contribution in [0.5, 0.6) is 5.75 Å². The van der Waals surface area contributed by atoms with Crippen molar-refractivity contribution in [2.45, 2.75) is 26.0 Å². The van der Waals surface area contributed by atoms with Gasteiger partial charge in [0.25, 0.3) is 0 Å². The fourth-order valence-electron chi connectivity index (χ4n) is 1.78. The number of rotatable bonds is 6. The first-order valence-electron chi connectivity index (χ1n) is 6.27. The lowest BCUT2D eigenvalue weighted by Gasteiger charge is -2.14. The van der Waals surface area contributed by atoms with E-state index in [1.165, 1.54) is 0 Å². The second-order valence-corrected chi connectivity index (χ2v) is 4.73. The van der Waals surface area contributed by atoms with Crippen LogP contribution in [0.1, 0.15) is 13.8 Å². The van der Waals surface area contributed by atoms with Crippen molar-refractivity contribution < 1.29 is 9.84 Å². The number of aromatic amines is 1. The quantitative estimate of drug-likeness (QED) is 0.732. The predicted molar refractivity (Wildman–Crippen MR) is 72.9 cm³/mol. The van der Waals surface area contributed by atoms with Crippen LogP contribution >= 0.6 is 0 Å². The van der Waals surface area contributed by atoms with E-state index in [2.05, 4.69) is 10.3 Å². The van der Waals surface area contributed by atoms with Gasteiger partial charge < -0.3 is 20.1 Å². The Morgan fingerprint density at radius 2 is 2.11 bits per heavy atom. The topological polar surface area (TPSA) is 57.3 Å². The first-order chi connectivity index (χ1) is 8.66. The minimum absolute atomic E-state index is 0.293. The second-order valence-electron chi connectivity index (χ2n) is 4.73. The number of para-hydroxylation sites is 1. The zero-order chi connectivity index (χ0) is 13.0. The molecule has 2 aromatic rings. The number of aliphatic hydroxyl groups excluding tert-OH is 1. The number of nitrogens with one attached hydrogen (secondary N) is 2. The minimum Gasteiger partial charge on any atom is -0.489 e. The van der Waals surface area contributed by atoms with Gasteiger partial charge in [0.15, 0.2) is 0 Å². The highest BCUT2D eigenvalue weighted by molar-refractivity contribution is 5.85. The SMILES string of the molecule is CC(C)NCC(O)COc1c[nH]c2ccccc12.